The van der Waals surface area contributed by atoms with E-state index in [2.05, 4.69) is 95.2 Å². The van der Waals surface area contributed by atoms with Crippen LogP contribution in [0.25, 0.3) is 10.6 Å². The highest BCUT2D eigenvalue weighted by molar-refractivity contribution is 7.13. The van der Waals surface area contributed by atoms with Gasteiger partial charge < -0.3 is 0 Å². The zero-order chi connectivity index (χ0) is 18.3. The molecule has 0 N–H and O–H groups in total. The van der Waals surface area contributed by atoms with Crippen LogP contribution in [0.2, 0.25) is 0 Å². The van der Waals surface area contributed by atoms with Gasteiger partial charge in [0.1, 0.15) is 5.01 Å². The van der Waals surface area contributed by atoms with Crippen LogP contribution in [0.15, 0.2) is 96.4 Å². The Hall–Kier alpha value is -2.75. The van der Waals surface area contributed by atoms with Crippen molar-refractivity contribution in [3.05, 3.63) is 113 Å². The Kier molecular flexibility index (Phi) is 5.73. The van der Waals surface area contributed by atoms with Crippen LogP contribution in [0.5, 0.6) is 0 Å². The fourth-order valence-corrected chi connectivity index (χ4v) is 3.99. The van der Waals surface area contributed by atoms with E-state index < -0.39 is 0 Å². The summed E-state index contributed by atoms with van der Waals surface area (Å²) in [5.41, 5.74) is 4.97. The molecular formula is C24H22N2S. The monoisotopic (exact) mass is 370 g/mol. The van der Waals surface area contributed by atoms with Crippen LogP contribution < -0.4 is 0 Å². The molecule has 0 aliphatic carbocycles. The molecule has 0 unspecified atom stereocenters. The van der Waals surface area contributed by atoms with Crippen LogP contribution in [-0.4, -0.2) is 9.88 Å². The minimum absolute atomic E-state index is 0.840. The lowest BCUT2D eigenvalue weighted by atomic mass is 10.1. The third-order valence-corrected chi connectivity index (χ3v) is 5.40. The maximum atomic E-state index is 4.88. The maximum Gasteiger partial charge on any atom is 0.123 e. The molecule has 3 heteroatoms. The number of hydrogen-bond donors (Lipinski definition) is 0. The highest BCUT2D eigenvalue weighted by Crippen LogP contribution is 2.24. The number of benzene rings is 3. The van der Waals surface area contributed by atoms with E-state index in [1.807, 2.05) is 6.07 Å². The number of aromatic nitrogens is 1. The molecule has 0 amide bonds. The lowest BCUT2D eigenvalue weighted by Gasteiger charge is -2.21. The summed E-state index contributed by atoms with van der Waals surface area (Å²) in [6.45, 7) is 2.66. The summed E-state index contributed by atoms with van der Waals surface area (Å²) >= 11 is 1.72. The molecule has 134 valence electrons. The summed E-state index contributed by atoms with van der Waals surface area (Å²) in [6.07, 6.45) is 0. The van der Waals surface area contributed by atoms with E-state index in [9.17, 15) is 0 Å². The quantitative estimate of drug-likeness (QED) is 0.396. The van der Waals surface area contributed by atoms with E-state index in [1.54, 1.807) is 11.3 Å². The summed E-state index contributed by atoms with van der Waals surface area (Å²) < 4.78 is 0. The molecule has 0 radical (unpaired) electrons. The van der Waals surface area contributed by atoms with E-state index in [4.69, 9.17) is 4.98 Å². The SMILES string of the molecule is c1ccc(CN(Cc2ccccc2)Cc2csc(-c3ccccc3)n2)cc1. The zero-order valence-corrected chi connectivity index (χ0v) is 16.0. The first kappa shape index (κ1) is 17.7. The second-order valence-corrected chi connectivity index (χ2v) is 7.48. The first-order valence-corrected chi connectivity index (χ1v) is 10.0. The summed E-state index contributed by atoms with van der Waals surface area (Å²) in [7, 11) is 0. The van der Waals surface area contributed by atoms with Crippen LogP contribution in [0.3, 0.4) is 0 Å². The van der Waals surface area contributed by atoms with E-state index in [1.165, 1.54) is 16.7 Å². The van der Waals surface area contributed by atoms with Gasteiger partial charge in [0.25, 0.3) is 0 Å². The molecule has 27 heavy (non-hydrogen) atoms. The molecule has 0 aliphatic rings. The average Bonchev–Trinajstić information content (AvgIpc) is 3.19. The van der Waals surface area contributed by atoms with Crippen LogP contribution in [0, 0.1) is 0 Å². The van der Waals surface area contributed by atoms with Crippen LogP contribution in [0.1, 0.15) is 16.8 Å². The molecule has 0 saturated heterocycles. The molecule has 0 atom stereocenters. The van der Waals surface area contributed by atoms with Crippen molar-refractivity contribution < 1.29 is 0 Å². The average molecular weight is 371 g/mol. The van der Waals surface area contributed by atoms with Crippen molar-refractivity contribution >= 4 is 11.3 Å². The Bertz CT molecular complexity index is 908. The Labute approximate surface area is 164 Å². The van der Waals surface area contributed by atoms with Crippen molar-refractivity contribution in [1.29, 1.82) is 0 Å². The van der Waals surface area contributed by atoms with Gasteiger partial charge in [-0.1, -0.05) is 91.0 Å². The zero-order valence-electron chi connectivity index (χ0n) is 15.2. The predicted octanol–water partition coefficient (Wildman–Crippen LogP) is 6.01. The number of nitrogens with zero attached hydrogens (tertiary/aromatic N) is 2. The van der Waals surface area contributed by atoms with Crippen molar-refractivity contribution in [3.63, 3.8) is 0 Å². The number of thiazole rings is 1. The highest BCUT2D eigenvalue weighted by Gasteiger charge is 2.11. The predicted molar refractivity (Wildman–Crippen MR) is 113 cm³/mol. The van der Waals surface area contributed by atoms with Gasteiger partial charge in [0.15, 0.2) is 0 Å². The molecule has 1 heterocycles. The largest absolute Gasteiger partial charge is 0.289 e. The standard InChI is InChI=1S/C24H22N2S/c1-4-10-20(11-5-1)16-26(17-21-12-6-2-7-13-21)18-23-19-27-24(25-23)22-14-8-3-9-15-22/h1-15,19H,16-18H2. The van der Waals surface area contributed by atoms with Crippen molar-refractivity contribution in [3.8, 4) is 10.6 Å². The molecule has 2 nitrogen and oxygen atoms in total. The Balaban J connectivity index is 1.52. The van der Waals surface area contributed by atoms with Crippen molar-refractivity contribution in [2.75, 3.05) is 0 Å². The van der Waals surface area contributed by atoms with Gasteiger partial charge in [-0.3, -0.25) is 4.90 Å². The highest BCUT2D eigenvalue weighted by atomic mass is 32.1. The van der Waals surface area contributed by atoms with Crippen molar-refractivity contribution in [1.82, 2.24) is 9.88 Å². The van der Waals surface area contributed by atoms with E-state index in [-0.39, 0.29) is 0 Å². The third-order valence-electron chi connectivity index (χ3n) is 4.46. The van der Waals surface area contributed by atoms with Gasteiger partial charge in [-0.05, 0) is 11.1 Å². The Morgan fingerprint density at radius 3 is 1.70 bits per heavy atom. The molecule has 0 spiro atoms. The lowest BCUT2D eigenvalue weighted by molar-refractivity contribution is 0.245. The van der Waals surface area contributed by atoms with Crippen molar-refractivity contribution in [2.24, 2.45) is 0 Å². The maximum absolute atomic E-state index is 4.88. The Morgan fingerprint density at radius 1 is 0.630 bits per heavy atom. The second kappa shape index (κ2) is 8.76. The molecule has 0 bridgehead atoms. The molecule has 3 aromatic carbocycles. The molecule has 1 aromatic heterocycles. The van der Waals surface area contributed by atoms with Gasteiger partial charge in [0, 0.05) is 30.6 Å². The summed E-state index contributed by atoms with van der Waals surface area (Å²) in [5.74, 6) is 0. The summed E-state index contributed by atoms with van der Waals surface area (Å²) in [5, 5.41) is 3.27. The summed E-state index contributed by atoms with van der Waals surface area (Å²) in [4.78, 5) is 7.33. The van der Waals surface area contributed by atoms with Crippen LogP contribution in [0.4, 0.5) is 0 Å². The van der Waals surface area contributed by atoms with Gasteiger partial charge in [-0.15, -0.1) is 11.3 Å². The molecule has 0 saturated carbocycles. The minimum atomic E-state index is 0.840. The number of rotatable bonds is 7. The minimum Gasteiger partial charge on any atom is -0.289 e. The normalized spacial score (nSPS) is 11.0. The lowest BCUT2D eigenvalue weighted by Crippen LogP contribution is -2.22. The molecule has 0 aliphatic heterocycles. The van der Waals surface area contributed by atoms with E-state index in [0.717, 1.165) is 30.3 Å². The first-order chi connectivity index (χ1) is 13.4. The topological polar surface area (TPSA) is 16.1 Å². The van der Waals surface area contributed by atoms with Gasteiger partial charge in [0.2, 0.25) is 0 Å². The molecular weight excluding hydrogens is 348 g/mol. The van der Waals surface area contributed by atoms with Crippen LogP contribution >= 0.6 is 11.3 Å². The second-order valence-electron chi connectivity index (χ2n) is 6.63. The van der Waals surface area contributed by atoms with E-state index in [0.29, 0.717) is 0 Å². The van der Waals surface area contributed by atoms with Gasteiger partial charge in [0.05, 0.1) is 5.69 Å². The molecule has 0 fully saturated rings. The third kappa shape index (κ3) is 4.91. The fraction of sp³-hybridized carbons (Fsp3) is 0.125. The molecule has 4 aromatic rings. The first-order valence-electron chi connectivity index (χ1n) is 9.17. The molecule has 4 rings (SSSR count). The van der Waals surface area contributed by atoms with Crippen LogP contribution in [-0.2, 0) is 19.6 Å². The van der Waals surface area contributed by atoms with Gasteiger partial charge >= 0.3 is 0 Å². The number of hydrogen-bond acceptors (Lipinski definition) is 3. The van der Waals surface area contributed by atoms with Crippen molar-refractivity contribution in [2.45, 2.75) is 19.6 Å². The van der Waals surface area contributed by atoms with Gasteiger partial charge in [-0.2, -0.15) is 0 Å². The fourth-order valence-electron chi connectivity index (χ4n) is 3.17. The van der Waals surface area contributed by atoms with E-state index >= 15 is 0 Å². The smallest absolute Gasteiger partial charge is 0.123 e. The Morgan fingerprint density at radius 2 is 1.15 bits per heavy atom. The summed E-state index contributed by atoms with van der Waals surface area (Å²) in [6, 6.07) is 31.7. The van der Waals surface area contributed by atoms with Gasteiger partial charge in [-0.25, -0.2) is 4.98 Å².